The van der Waals surface area contributed by atoms with Crippen molar-refractivity contribution in [3.8, 4) is 0 Å². The topological polar surface area (TPSA) is 52.8 Å². The molecule has 3 heterocycles. The van der Waals surface area contributed by atoms with Crippen molar-refractivity contribution in [1.82, 2.24) is 14.7 Å². The Balaban J connectivity index is 0.00000144. The molecule has 32 heavy (non-hydrogen) atoms. The molecule has 1 aliphatic carbocycles. The van der Waals surface area contributed by atoms with Gasteiger partial charge in [-0.2, -0.15) is 0 Å². The molecule has 4 aliphatic rings. The number of nitrogens with two attached hydrogens (primary N) is 1. The first kappa shape index (κ1) is 25.8. The molecule has 1 aromatic rings. The first-order valence-electron chi connectivity index (χ1n) is 12.3. The largest absolute Gasteiger partial charge is 0.342 e. The maximum Gasteiger partial charge on any atom is 0.226 e. The van der Waals surface area contributed by atoms with E-state index in [2.05, 4.69) is 39.0 Å². The Morgan fingerprint density at radius 3 is 2.03 bits per heavy atom. The Kier molecular flexibility index (Phi) is 9.28. The molecule has 1 amide bonds. The summed E-state index contributed by atoms with van der Waals surface area (Å²) in [5.41, 5.74) is 9.14. The Labute approximate surface area is 205 Å². The minimum absolute atomic E-state index is 0. The lowest BCUT2D eigenvalue weighted by Gasteiger charge is -2.44. The van der Waals surface area contributed by atoms with Crippen LogP contribution in [0.4, 0.5) is 0 Å². The van der Waals surface area contributed by atoms with Gasteiger partial charge in [-0.05, 0) is 82.1 Å². The Morgan fingerprint density at radius 2 is 1.41 bits per heavy atom. The lowest BCUT2D eigenvalue weighted by atomic mass is 9.91. The quantitative estimate of drug-likeness (QED) is 0.718. The fraction of sp³-hybridized carbons (Fsp3) is 0.720. The number of amides is 1. The van der Waals surface area contributed by atoms with Crippen molar-refractivity contribution in [3.05, 3.63) is 35.4 Å². The fourth-order valence-corrected chi connectivity index (χ4v) is 6.33. The predicted octanol–water partition coefficient (Wildman–Crippen LogP) is 3.12. The summed E-state index contributed by atoms with van der Waals surface area (Å²) in [7, 11) is 0. The molecular weight excluding hydrogens is 443 g/mol. The van der Waals surface area contributed by atoms with Crippen molar-refractivity contribution in [2.75, 3.05) is 39.3 Å². The minimum Gasteiger partial charge on any atom is -0.342 e. The standard InChI is InChI=1S/C25H38N4O.2ClH/c26-22-7-12-28(13-8-22)25(30)21-6-3-11-29(18-21)23-9-14-27(15-10-23)24-16-19-4-1-2-5-20(19)17-24;;/h1-2,4-5,21-24H,3,6-18,26H2;2*1H. The summed E-state index contributed by atoms with van der Waals surface area (Å²) >= 11 is 0. The highest BCUT2D eigenvalue weighted by molar-refractivity contribution is 5.85. The monoisotopic (exact) mass is 482 g/mol. The number of carbonyl (C=O) groups is 1. The van der Waals surface area contributed by atoms with Crippen LogP contribution in [0, 0.1) is 5.92 Å². The van der Waals surface area contributed by atoms with Crippen LogP contribution in [0.1, 0.15) is 49.7 Å². The second-order valence-electron chi connectivity index (χ2n) is 10.1. The van der Waals surface area contributed by atoms with Gasteiger partial charge in [-0.1, -0.05) is 24.3 Å². The number of nitrogens with zero attached hydrogens (tertiary/aromatic N) is 3. The van der Waals surface area contributed by atoms with Gasteiger partial charge in [0.2, 0.25) is 5.91 Å². The van der Waals surface area contributed by atoms with Crippen molar-refractivity contribution >= 4 is 30.7 Å². The highest BCUT2D eigenvalue weighted by Gasteiger charge is 2.36. The van der Waals surface area contributed by atoms with E-state index in [4.69, 9.17) is 5.73 Å². The SMILES string of the molecule is Cl.Cl.NC1CCN(C(=O)C2CCCN(C3CCN(C4Cc5ccccc5C4)CC3)C2)CC1. The molecule has 0 spiro atoms. The molecule has 0 radical (unpaired) electrons. The first-order valence-corrected chi connectivity index (χ1v) is 12.3. The number of halogens is 2. The third-order valence-corrected chi connectivity index (χ3v) is 8.21. The second kappa shape index (κ2) is 11.5. The van der Waals surface area contributed by atoms with E-state index < -0.39 is 0 Å². The molecule has 1 unspecified atom stereocenters. The van der Waals surface area contributed by atoms with Gasteiger partial charge in [0.1, 0.15) is 0 Å². The fourth-order valence-electron chi connectivity index (χ4n) is 6.33. The van der Waals surface area contributed by atoms with Gasteiger partial charge in [-0.15, -0.1) is 24.8 Å². The van der Waals surface area contributed by atoms with Crippen LogP contribution < -0.4 is 5.73 Å². The van der Waals surface area contributed by atoms with E-state index in [1.165, 1.54) is 51.7 Å². The van der Waals surface area contributed by atoms with Gasteiger partial charge in [-0.25, -0.2) is 0 Å². The highest BCUT2D eigenvalue weighted by atomic mass is 35.5. The van der Waals surface area contributed by atoms with E-state index in [1.54, 1.807) is 11.1 Å². The summed E-state index contributed by atoms with van der Waals surface area (Å²) < 4.78 is 0. The summed E-state index contributed by atoms with van der Waals surface area (Å²) in [4.78, 5) is 20.6. The Bertz CT molecular complexity index is 722. The first-order chi connectivity index (χ1) is 14.7. The number of fused-ring (bicyclic) bond motifs is 1. The summed E-state index contributed by atoms with van der Waals surface area (Å²) in [5, 5.41) is 0. The van der Waals surface area contributed by atoms with Gasteiger partial charge in [0.15, 0.2) is 0 Å². The van der Waals surface area contributed by atoms with Crippen LogP contribution in [0.25, 0.3) is 0 Å². The van der Waals surface area contributed by atoms with Gasteiger partial charge in [0, 0.05) is 37.8 Å². The molecule has 3 fully saturated rings. The van der Waals surface area contributed by atoms with Crippen molar-refractivity contribution < 1.29 is 4.79 Å². The summed E-state index contributed by atoms with van der Waals surface area (Å²) in [5.74, 6) is 0.600. The molecule has 0 saturated carbocycles. The Morgan fingerprint density at radius 1 is 0.781 bits per heavy atom. The van der Waals surface area contributed by atoms with E-state index in [-0.39, 0.29) is 36.8 Å². The molecule has 2 N–H and O–H groups in total. The van der Waals surface area contributed by atoms with Crippen LogP contribution in [0.3, 0.4) is 0 Å². The van der Waals surface area contributed by atoms with Gasteiger partial charge < -0.3 is 10.6 Å². The summed E-state index contributed by atoms with van der Waals surface area (Å²) in [6.07, 6.45) is 9.12. The normalized spacial score (nSPS) is 26.3. The molecule has 3 saturated heterocycles. The van der Waals surface area contributed by atoms with Crippen LogP contribution in [0.2, 0.25) is 0 Å². The lowest BCUT2D eigenvalue weighted by Crippen LogP contribution is -2.53. The maximum atomic E-state index is 13.1. The molecule has 5 nitrogen and oxygen atoms in total. The van der Waals surface area contributed by atoms with E-state index in [0.717, 1.165) is 38.9 Å². The number of carbonyl (C=O) groups excluding carboxylic acids is 1. The second-order valence-corrected chi connectivity index (χ2v) is 10.1. The maximum absolute atomic E-state index is 13.1. The van der Waals surface area contributed by atoms with Gasteiger partial charge in [-0.3, -0.25) is 14.6 Å². The van der Waals surface area contributed by atoms with Crippen LogP contribution in [-0.4, -0.2) is 78.0 Å². The zero-order chi connectivity index (χ0) is 20.5. The molecule has 3 aliphatic heterocycles. The van der Waals surface area contributed by atoms with E-state index in [0.29, 0.717) is 18.0 Å². The predicted molar refractivity (Wildman–Crippen MR) is 135 cm³/mol. The molecule has 5 rings (SSSR count). The smallest absolute Gasteiger partial charge is 0.226 e. The molecule has 180 valence electrons. The van der Waals surface area contributed by atoms with Crippen LogP contribution >= 0.6 is 24.8 Å². The van der Waals surface area contributed by atoms with Crippen molar-refractivity contribution in [1.29, 1.82) is 0 Å². The molecular formula is C25H40Cl2N4O. The van der Waals surface area contributed by atoms with Crippen LogP contribution in [0.15, 0.2) is 24.3 Å². The van der Waals surface area contributed by atoms with Gasteiger partial charge in [0.25, 0.3) is 0 Å². The summed E-state index contributed by atoms with van der Waals surface area (Å²) in [6.45, 7) is 6.29. The number of hydrogen-bond donors (Lipinski definition) is 1. The van der Waals surface area contributed by atoms with Crippen molar-refractivity contribution in [2.45, 2.75) is 69.5 Å². The minimum atomic E-state index is 0. The molecule has 1 aromatic carbocycles. The van der Waals surface area contributed by atoms with Crippen LogP contribution in [0.5, 0.6) is 0 Å². The average Bonchev–Trinajstić information content (AvgIpc) is 3.24. The van der Waals surface area contributed by atoms with E-state index in [1.807, 2.05) is 0 Å². The number of hydrogen-bond acceptors (Lipinski definition) is 4. The van der Waals surface area contributed by atoms with Gasteiger partial charge in [0.05, 0.1) is 5.92 Å². The number of rotatable bonds is 3. The van der Waals surface area contributed by atoms with Crippen molar-refractivity contribution in [3.63, 3.8) is 0 Å². The highest BCUT2D eigenvalue weighted by Crippen LogP contribution is 2.30. The van der Waals surface area contributed by atoms with E-state index in [9.17, 15) is 4.79 Å². The molecule has 0 bridgehead atoms. The third-order valence-electron chi connectivity index (χ3n) is 8.21. The number of benzene rings is 1. The van der Waals surface area contributed by atoms with Crippen molar-refractivity contribution in [2.24, 2.45) is 11.7 Å². The number of piperidine rings is 3. The van der Waals surface area contributed by atoms with E-state index >= 15 is 0 Å². The van der Waals surface area contributed by atoms with Gasteiger partial charge >= 0.3 is 0 Å². The summed E-state index contributed by atoms with van der Waals surface area (Å²) in [6, 6.07) is 10.6. The number of likely N-dealkylation sites (tertiary alicyclic amines) is 3. The van der Waals surface area contributed by atoms with Crippen LogP contribution in [-0.2, 0) is 17.6 Å². The zero-order valence-electron chi connectivity index (χ0n) is 19.2. The molecule has 7 heteroatoms. The Hall–Kier alpha value is -0.850. The third kappa shape index (κ3) is 5.61. The zero-order valence-corrected chi connectivity index (χ0v) is 20.8. The average molecular weight is 484 g/mol. The molecule has 1 atom stereocenters. The molecule has 0 aromatic heterocycles. The lowest BCUT2D eigenvalue weighted by molar-refractivity contribution is -0.138.